The van der Waals surface area contributed by atoms with E-state index in [4.69, 9.17) is 18.9 Å². The van der Waals surface area contributed by atoms with Crippen LogP contribution in [0.2, 0.25) is 0 Å². The van der Waals surface area contributed by atoms with Crippen LogP contribution in [-0.4, -0.2) is 38.7 Å². The zero-order chi connectivity index (χ0) is 13.7. The van der Waals surface area contributed by atoms with E-state index in [0.29, 0.717) is 19.6 Å². The average molecular weight is 266 g/mol. The molecule has 0 aromatic heterocycles. The molecule has 5 nitrogen and oxygen atoms in total. The lowest BCUT2D eigenvalue weighted by Crippen LogP contribution is -2.38. The fraction of sp³-hybridized carbons (Fsp3) is 0.500. The van der Waals surface area contributed by atoms with Crippen LogP contribution >= 0.6 is 0 Å². The highest BCUT2D eigenvalue weighted by molar-refractivity contribution is 5.80. The molecule has 104 valence electrons. The van der Waals surface area contributed by atoms with Gasteiger partial charge in [0.2, 0.25) is 0 Å². The van der Waals surface area contributed by atoms with Crippen LogP contribution in [0.3, 0.4) is 0 Å². The second kappa shape index (κ2) is 6.14. The monoisotopic (exact) mass is 266 g/mol. The number of ether oxygens (including phenoxy) is 4. The topological polar surface area (TPSA) is 54.0 Å². The van der Waals surface area contributed by atoms with Gasteiger partial charge in [-0.3, -0.25) is 0 Å². The Hall–Kier alpha value is -1.43. The van der Waals surface area contributed by atoms with Crippen molar-refractivity contribution in [3.05, 3.63) is 35.9 Å². The fourth-order valence-corrected chi connectivity index (χ4v) is 2.06. The smallest absolute Gasteiger partial charge is 0.367 e. The van der Waals surface area contributed by atoms with Gasteiger partial charge in [0.1, 0.15) is 6.10 Å². The van der Waals surface area contributed by atoms with Crippen molar-refractivity contribution in [1.29, 1.82) is 0 Å². The van der Waals surface area contributed by atoms with Crippen molar-refractivity contribution >= 4 is 5.97 Å². The molecule has 0 bridgehead atoms. The molecule has 1 aliphatic heterocycles. The van der Waals surface area contributed by atoms with Crippen LogP contribution in [0.15, 0.2) is 30.3 Å². The van der Waals surface area contributed by atoms with Crippen molar-refractivity contribution in [3.8, 4) is 0 Å². The van der Waals surface area contributed by atoms with Crippen molar-refractivity contribution in [3.63, 3.8) is 0 Å². The minimum atomic E-state index is -1.28. The molecule has 19 heavy (non-hydrogen) atoms. The summed E-state index contributed by atoms with van der Waals surface area (Å²) in [6.45, 7) is 0.816. The molecule has 1 aromatic carbocycles. The molecule has 1 saturated heterocycles. The van der Waals surface area contributed by atoms with Gasteiger partial charge in [-0.05, 0) is 5.56 Å². The largest absolute Gasteiger partial charge is 0.456 e. The van der Waals surface area contributed by atoms with Crippen LogP contribution in [0.5, 0.6) is 0 Å². The summed E-state index contributed by atoms with van der Waals surface area (Å²) in [6.07, 6.45) is 0.00396. The predicted molar refractivity (Wildman–Crippen MR) is 67.3 cm³/mol. The first-order valence-electron chi connectivity index (χ1n) is 6.13. The second-order valence-electron chi connectivity index (χ2n) is 4.39. The first-order valence-corrected chi connectivity index (χ1v) is 6.13. The number of hydrogen-bond acceptors (Lipinski definition) is 5. The molecule has 1 fully saturated rings. The minimum absolute atomic E-state index is 0.328. The third-order valence-corrected chi connectivity index (χ3v) is 3.16. The highest BCUT2D eigenvalue weighted by Crippen LogP contribution is 2.29. The third kappa shape index (κ3) is 3.12. The van der Waals surface area contributed by atoms with Gasteiger partial charge in [-0.1, -0.05) is 30.3 Å². The molecule has 1 atom stereocenters. The van der Waals surface area contributed by atoms with Crippen molar-refractivity contribution in [2.24, 2.45) is 0 Å². The van der Waals surface area contributed by atoms with Crippen molar-refractivity contribution in [2.75, 3.05) is 20.8 Å². The highest BCUT2D eigenvalue weighted by Gasteiger charge is 2.50. The Morgan fingerprint density at radius 1 is 1.26 bits per heavy atom. The van der Waals surface area contributed by atoms with Crippen molar-refractivity contribution in [1.82, 2.24) is 0 Å². The molecule has 2 rings (SSSR count). The van der Waals surface area contributed by atoms with Crippen LogP contribution in [0.1, 0.15) is 12.0 Å². The summed E-state index contributed by atoms with van der Waals surface area (Å²) in [5.41, 5.74) is 1.08. The Kier molecular flexibility index (Phi) is 4.52. The van der Waals surface area contributed by atoms with Gasteiger partial charge in [0.05, 0.1) is 19.6 Å². The van der Waals surface area contributed by atoms with Gasteiger partial charge < -0.3 is 18.9 Å². The predicted octanol–water partition coefficient (Wildman–Crippen LogP) is 1.51. The van der Waals surface area contributed by atoms with E-state index in [1.54, 1.807) is 0 Å². The Labute approximate surface area is 112 Å². The molecule has 1 aromatic rings. The molecule has 0 N–H and O–H groups in total. The Morgan fingerprint density at radius 3 is 2.53 bits per heavy atom. The minimum Gasteiger partial charge on any atom is -0.456 e. The van der Waals surface area contributed by atoms with Gasteiger partial charge in [0.25, 0.3) is 5.79 Å². The summed E-state index contributed by atoms with van der Waals surface area (Å²) in [5, 5.41) is 0. The molecule has 0 spiro atoms. The standard InChI is InChI=1S/C14H18O5/c1-16-14(17-2)8-12(19-13(14)15)10-18-9-11-6-4-3-5-7-11/h3-7,12H,8-10H2,1-2H3. The molecule has 5 heteroatoms. The van der Waals surface area contributed by atoms with E-state index in [0.717, 1.165) is 5.56 Å². The van der Waals surface area contributed by atoms with Gasteiger partial charge in [0, 0.05) is 14.2 Å². The number of carbonyl (C=O) groups excluding carboxylic acids is 1. The van der Waals surface area contributed by atoms with Crippen LogP contribution in [0.4, 0.5) is 0 Å². The first-order chi connectivity index (χ1) is 9.20. The zero-order valence-electron chi connectivity index (χ0n) is 11.1. The van der Waals surface area contributed by atoms with Crippen LogP contribution in [0, 0.1) is 0 Å². The maximum Gasteiger partial charge on any atom is 0.367 e. The second-order valence-corrected chi connectivity index (χ2v) is 4.39. The maximum atomic E-state index is 11.7. The van der Waals surface area contributed by atoms with Crippen molar-refractivity contribution in [2.45, 2.75) is 24.9 Å². The maximum absolute atomic E-state index is 11.7. The lowest BCUT2D eigenvalue weighted by atomic mass is 10.1. The highest BCUT2D eigenvalue weighted by atomic mass is 16.7. The summed E-state index contributed by atoms with van der Waals surface area (Å²) in [6, 6.07) is 9.82. The molecule has 1 aliphatic rings. The van der Waals surface area contributed by atoms with Crippen LogP contribution < -0.4 is 0 Å². The Morgan fingerprint density at radius 2 is 1.95 bits per heavy atom. The van der Waals surface area contributed by atoms with Crippen LogP contribution in [0.25, 0.3) is 0 Å². The van der Waals surface area contributed by atoms with E-state index >= 15 is 0 Å². The Balaban J connectivity index is 1.81. The normalized spacial score (nSPS) is 21.4. The zero-order valence-corrected chi connectivity index (χ0v) is 11.1. The van der Waals surface area contributed by atoms with E-state index in [9.17, 15) is 4.79 Å². The molecule has 1 unspecified atom stereocenters. The quantitative estimate of drug-likeness (QED) is 0.577. The number of esters is 1. The molecular formula is C14H18O5. The van der Waals surface area contributed by atoms with Gasteiger partial charge >= 0.3 is 5.97 Å². The molecule has 0 amide bonds. The number of cyclic esters (lactones) is 1. The lowest BCUT2D eigenvalue weighted by Gasteiger charge is -2.20. The van der Waals surface area contributed by atoms with Gasteiger partial charge in [0.15, 0.2) is 0 Å². The molecule has 0 aliphatic carbocycles. The van der Waals surface area contributed by atoms with Gasteiger partial charge in [-0.2, -0.15) is 0 Å². The van der Waals surface area contributed by atoms with E-state index in [1.165, 1.54) is 14.2 Å². The summed E-state index contributed by atoms with van der Waals surface area (Å²) in [5.74, 6) is -1.77. The molecule has 0 saturated carbocycles. The summed E-state index contributed by atoms with van der Waals surface area (Å²) >= 11 is 0. The number of rotatable bonds is 6. The Bertz CT molecular complexity index is 413. The summed E-state index contributed by atoms with van der Waals surface area (Å²) in [7, 11) is 2.86. The molecule has 1 heterocycles. The van der Waals surface area contributed by atoms with Crippen molar-refractivity contribution < 1.29 is 23.7 Å². The molecule has 0 radical (unpaired) electrons. The first kappa shape index (κ1) is 14.0. The van der Waals surface area contributed by atoms with E-state index in [2.05, 4.69) is 0 Å². The average Bonchev–Trinajstić information content (AvgIpc) is 2.77. The van der Waals surface area contributed by atoms with E-state index < -0.39 is 11.8 Å². The third-order valence-electron chi connectivity index (χ3n) is 3.16. The van der Waals surface area contributed by atoms with Crippen LogP contribution in [-0.2, 0) is 30.3 Å². The summed E-state index contributed by atoms with van der Waals surface area (Å²) < 4.78 is 20.9. The summed E-state index contributed by atoms with van der Waals surface area (Å²) in [4.78, 5) is 11.7. The van der Waals surface area contributed by atoms with Gasteiger partial charge in [-0.15, -0.1) is 0 Å². The van der Waals surface area contributed by atoms with Gasteiger partial charge in [-0.25, -0.2) is 4.79 Å². The number of carbonyl (C=O) groups is 1. The number of hydrogen-bond donors (Lipinski definition) is 0. The van der Waals surface area contributed by atoms with E-state index in [-0.39, 0.29) is 6.10 Å². The molecular weight excluding hydrogens is 248 g/mol. The fourth-order valence-electron chi connectivity index (χ4n) is 2.06. The SMILES string of the molecule is COC1(OC)CC(COCc2ccccc2)OC1=O. The lowest BCUT2D eigenvalue weighted by molar-refractivity contribution is -0.210. The van der Waals surface area contributed by atoms with E-state index in [1.807, 2.05) is 30.3 Å². The number of methoxy groups -OCH3 is 2. The number of benzene rings is 1.